The highest BCUT2D eigenvalue weighted by Gasteiger charge is 2.60. The number of ether oxygens (including phenoxy) is 2. The molecule has 0 atom stereocenters. The molecule has 0 unspecified atom stereocenters. The topological polar surface area (TPSA) is 114 Å². The van der Waals surface area contributed by atoms with E-state index in [9.17, 15) is 18.0 Å². The fourth-order valence-corrected chi connectivity index (χ4v) is 31.9. The number of sulfone groups is 1. The first-order valence-electron chi connectivity index (χ1n) is 45.8. The molecule has 0 bridgehead atoms. The normalized spacial score (nSPS) is 23.3. The predicted octanol–water partition coefficient (Wildman–Crippen LogP) is 28.8. The molecule has 0 spiro atoms. The molecular formula is C102H203N3O6S3. The predicted molar refractivity (Wildman–Crippen MR) is 509 cm³/mol. The second-order valence-electron chi connectivity index (χ2n) is 54.1. The van der Waals surface area contributed by atoms with Crippen molar-refractivity contribution < 1.29 is 27.5 Å². The van der Waals surface area contributed by atoms with Crippen LogP contribution in [0.3, 0.4) is 0 Å². The summed E-state index contributed by atoms with van der Waals surface area (Å²) >= 11 is 4.29. The number of nitrogens with zero attached hydrogens (tertiary/aromatic N) is 1. The molecule has 114 heavy (non-hydrogen) atoms. The quantitative estimate of drug-likeness (QED) is 0.245. The molecule has 0 radical (unpaired) electrons. The van der Waals surface area contributed by atoms with E-state index in [-0.39, 0.29) is 55.1 Å². The Labute approximate surface area is 723 Å². The van der Waals surface area contributed by atoms with E-state index in [0.717, 1.165) is 65.3 Å². The number of thioether (sulfide) groups is 2. The zero-order chi connectivity index (χ0) is 90.6. The molecule has 8 aliphatic rings. The number of amides is 2. The van der Waals surface area contributed by atoms with Crippen molar-refractivity contribution in [3.63, 3.8) is 0 Å². The first-order chi connectivity index (χ1) is 50.1. The summed E-state index contributed by atoms with van der Waals surface area (Å²) in [7, 11) is -2.82. The van der Waals surface area contributed by atoms with Crippen LogP contribution in [0.15, 0.2) is 0 Å². The lowest BCUT2D eigenvalue weighted by Gasteiger charge is -2.57. The molecule has 0 aromatic heterocycles. The molecule has 680 valence electrons. The molecule has 8 rings (SSSR count). The van der Waals surface area contributed by atoms with E-state index < -0.39 is 9.84 Å². The lowest BCUT2D eigenvalue weighted by Crippen LogP contribution is -2.54. The molecule has 0 aromatic carbocycles. The van der Waals surface area contributed by atoms with Crippen molar-refractivity contribution in [1.82, 2.24) is 15.5 Å². The molecule has 8 saturated heterocycles. The first kappa shape index (κ1) is 111. The molecular weight excluding hydrogens is 1460 g/mol. The van der Waals surface area contributed by atoms with Crippen LogP contribution >= 0.6 is 23.5 Å². The van der Waals surface area contributed by atoms with E-state index >= 15 is 0 Å². The number of nitrogens with one attached hydrogen (secondary N) is 2. The SMILES string of the molecule is CC(=O)N1CCC(C(C)(C)C)(C(C)(C)C)CC1.CC(C)(C)C1(C(C)(C)C)CCCSC1.CC(C)(C)C1(C(C)(C)C)CCNCC1.CC(C)(C)C1(C(C)(C)C)CCOC1.CC(C)(C)C1(C(C)(C)C)CCOCC1.CC(C)(C)C1(C(C)(C)C)CCS(=O)(=O)C1.CC(C)(C)C1(C(C)(C)C)CCSC1.CC(C)(C)C1(C(C)(C)C)CNC(=O)C1. The van der Waals surface area contributed by atoms with Crippen LogP contribution in [0, 0.1) is 130 Å². The third kappa shape index (κ3) is 25.4. The van der Waals surface area contributed by atoms with Crippen LogP contribution in [0.1, 0.15) is 416 Å². The third-order valence-corrected chi connectivity index (χ3v) is 37.7. The van der Waals surface area contributed by atoms with E-state index in [1.807, 2.05) is 4.90 Å². The van der Waals surface area contributed by atoms with E-state index in [0.29, 0.717) is 105 Å². The minimum Gasteiger partial charge on any atom is -0.381 e. The lowest BCUT2D eigenvalue weighted by atomic mass is 9.50. The Balaban J connectivity index is 0.000000652. The summed E-state index contributed by atoms with van der Waals surface area (Å²) in [5.41, 5.74) is 7.56. The summed E-state index contributed by atoms with van der Waals surface area (Å²) in [4.78, 5) is 24.9. The van der Waals surface area contributed by atoms with Crippen molar-refractivity contribution in [1.29, 1.82) is 0 Å². The van der Waals surface area contributed by atoms with Gasteiger partial charge in [-0.05, 0) is 226 Å². The Morgan fingerprint density at radius 2 is 0.632 bits per heavy atom. The summed E-state index contributed by atoms with van der Waals surface area (Å²) in [6, 6.07) is 0. The molecule has 0 saturated carbocycles. The van der Waals surface area contributed by atoms with Crippen molar-refractivity contribution in [2.75, 3.05) is 93.7 Å². The van der Waals surface area contributed by atoms with Gasteiger partial charge in [0.1, 0.15) is 0 Å². The lowest BCUT2D eigenvalue weighted by molar-refractivity contribution is -0.137. The van der Waals surface area contributed by atoms with E-state index in [2.05, 4.69) is 366 Å². The molecule has 12 heteroatoms. The molecule has 0 aromatic rings. The monoisotopic (exact) mass is 1660 g/mol. The van der Waals surface area contributed by atoms with Gasteiger partial charge in [-0.2, -0.15) is 23.5 Å². The van der Waals surface area contributed by atoms with Crippen LogP contribution in [0.4, 0.5) is 0 Å². The van der Waals surface area contributed by atoms with Gasteiger partial charge in [-0.3, -0.25) is 9.59 Å². The minimum atomic E-state index is -2.82. The van der Waals surface area contributed by atoms with Gasteiger partial charge in [0.25, 0.3) is 0 Å². The van der Waals surface area contributed by atoms with Crippen molar-refractivity contribution >= 4 is 45.2 Å². The Hall–Kier alpha value is -0.530. The van der Waals surface area contributed by atoms with Crippen LogP contribution in [0.25, 0.3) is 0 Å². The number of piperidine rings is 2. The first-order valence-corrected chi connectivity index (χ1v) is 49.9. The summed E-state index contributed by atoms with van der Waals surface area (Å²) < 4.78 is 34.6. The minimum absolute atomic E-state index is 0.0365. The number of hydrogen-bond donors (Lipinski definition) is 2. The number of carbonyl (C=O) groups excluding carboxylic acids is 2. The van der Waals surface area contributed by atoms with Gasteiger partial charge in [0.2, 0.25) is 11.8 Å². The molecule has 8 fully saturated rings. The second-order valence-corrected chi connectivity index (χ2v) is 58.5. The highest BCUT2D eigenvalue weighted by Crippen LogP contribution is 2.65. The Morgan fingerprint density at radius 1 is 0.342 bits per heavy atom. The van der Waals surface area contributed by atoms with Crippen molar-refractivity contribution in [3.8, 4) is 0 Å². The van der Waals surface area contributed by atoms with Gasteiger partial charge in [0, 0.05) is 63.6 Å². The molecule has 8 heterocycles. The summed E-state index contributed by atoms with van der Waals surface area (Å²) in [5.74, 6) is 6.56. The maximum absolute atomic E-state index is 11.7. The van der Waals surface area contributed by atoms with Gasteiger partial charge in [-0.15, -0.1) is 0 Å². The van der Waals surface area contributed by atoms with Crippen LogP contribution in [0.2, 0.25) is 0 Å². The highest BCUT2D eigenvalue weighted by molar-refractivity contribution is 7.99. The fourth-order valence-electron chi connectivity index (χ4n) is 25.5. The number of rotatable bonds is 0. The standard InChI is InChI=1S/C15H29NO.C13H27N.C13H26O.C13H26S.C12H23NO.C12H24O2S.C12H24O.C12H24S/c1-12(17)16-10-8-15(9-11-16,13(2,3)4)14(5,6)7;2*1-11(2,3)13(12(4,5)6)7-9-14-10-8-13;1-11(2,3)13(12(4,5)6)8-7-9-14-10-13;1-10(2,3)12(11(4,5)6)7-9(14)13-8-12;1-10(2,3)12(11(4,5)6)7-8-15(13,14)9-12;2*1-10(2,3)12(11(4,5)6)7-8-13-9-12/h8-11H2,1-7H3;14H,7-10H2,1-6H3;2*7-10H2,1-6H3;7-8H2,1-6H3,(H,13,14);7-9H2,1-6H3;2*7-9H2,1-6H3. The Morgan fingerprint density at radius 3 is 0.816 bits per heavy atom. The molecule has 0 aliphatic carbocycles. The van der Waals surface area contributed by atoms with E-state index in [4.69, 9.17) is 9.47 Å². The summed E-state index contributed by atoms with van der Waals surface area (Å²) in [6.45, 7) is 123. The van der Waals surface area contributed by atoms with Gasteiger partial charge >= 0.3 is 0 Å². The van der Waals surface area contributed by atoms with Crippen LogP contribution < -0.4 is 10.6 Å². The van der Waals surface area contributed by atoms with Gasteiger partial charge in [-0.25, -0.2) is 8.42 Å². The molecule has 2 N–H and O–H groups in total. The van der Waals surface area contributed by atoms with Crippen molar-refractivity contribution in [3.05, 3.63) is 0 Å². The smallest absolute Gasteiger partial charge is 0.220 e. The summed E-state index contributed by atoms with van der Waals surface area (Å²) in [6.07, 6.45) is 14.2. The van der Waals surface area contributed by atoms with Crippen LogP contribution in [-0.4, -0.2) is 119 Å². The zero-order valence-corrected chi connectivity index (χ0v) is 88.7. The van der Waals surface area contributed by atoms with Crippen molar-refractivity contribution in [2.24, 2.45) is 130 Å². The van der Waals surface area contributed by atoms with Gasteiger partial charge in [0.15, 0.2) is 9.84 Å². The number of carbonyl (C=O) groups is 2. The van der Waals surface area contributed by atoms with E-state index in [1.54, 1.807) is 6.92 Å². The van der Waals surface area contributed by atoms with Crippen molar-refractivity contribution in [2.45, 2.75) is 416 Å². The maximum Gasteiger partial charge on any atom is 0.220 e. The maximum atomic E-state index is 11.7. The zero-order valence-electron chi connectivity index (χ0n) is 86.2. The molecule has 9 nitrogen and oxygen atoms in total. The highest BCUT2D eigenvalue weighted by atomic mass is 32.2. The third-order valence-electron chi connectivity index (χ3n) is 33.5. The van der Waals surface area contributed by atoms with E-state index in [1.165, 1.54) is 87.5 Å². The average Bonchev–Trinajstić information content (AvgIpc) is 1.12. The number of likely N-dealkylation sites (tertiary alicyclic amines) is 1. The van der Waals surface area contributed by atoms with Crippen LogP contribution in [0.5, 0.6) is 0 Å². The van der Waals surface area contributed by atoms with Gasteiger partial charge < -0.3 is 25.0 Å². The Bertz CT molecular complexity index is 2740. The fraction of sp³-hybridized carbons (Fsp3) is 0.980. The summed E-state index contributed by atoms with van der Waals surface area (Å²) in [5, 5.41) is 6.47. The molecule has 2 amide bonds. The second kappa shape index (κ2) is 38.1. The van der Waals surface area contributed by atoms with Crippen LogP contribution in [-0.2, 0) is 28.9 Å². The number of hydrogen-bond acceptors (Lipinski definition) is 9. The van der Waals surface area contributed by atoms with Gasteiger partial charge in [0.05, 0.1) is 18.1 Å². The molecule has 8 aliphatic heterocycles. The largest absolute Gasteiger partial charge is 0.381 e. The Kier molecular flexibility index (Phi) is 37.3. The van der Waals surface area contributed by atoms with Gasteiger partial charge in [-0.1, -0.05) is 332 Å². The average molecular weight is 1660 g/mol.